The molecule has 0 amide bonds. The van der Waals surface area contributed by atoms with Gasteiger partial charge >= 0.3 is 5.97 Å². The van der Waals surface area contributed by atoms with Crippen LogP contribution in [0.2, 0.25) is 0 Å². The number of hydrogen-bond donors (Lipinski definition) is 1. The van der Waals surface area contributed by atoms with Crippen LogP contribution >= 0.6 is 11.6 Å². The topological polar surface area (TPSA) is 65.2 Å². The van der Waals surface area contributed by atoms with Gasteiger partial charge in [0, 0.05) is 11.1 Å². The van der Waals surface area contributed by atoms with Crippen molar-refractivity contribution in [3.63, 3.8) is 0 Å². The molecule has 0 atom stereocenters. The van der Waals surface area contributed by atoms with Gasteiger partial charge < -0.3 is 10.5 Å². The monoisotopic (exact) mass is 250 g/mol. The third-order valence-electron chi connectivity index (χ3n) is 1.93. The number of nitrogens with two attached hydrogens (primary N) is 1. The molecule has 0 saturated carbocycles. The van der Waals surface area contributed by atoms with E-state index in [1.807, 2.05) is 0 Å². The van der Waals surface area contributed by atoms with Crippen LogP contribution in [0, 0.1) is 0 Å². The molecule has 0 aromatic carbocycles. The van der Waals surface area contributed by atoms with Crippen molar-refractivity contribution >= 4 is 23.4 Å². The smallest absolute Gasteiger partial charge is 0.357 e. The van der Waals surface area contributed by atoms with E-state index in [9.17, 15) is 13.6 Å². The first-order valence-electron chi connectivity index (χ1n) is 4.23. The second kappa shape index (κ2) is 5.07. The number of carbonyl (C=O) groups excluding carboxylic acids is 1. The van der Waals surface area contributed by atoms with Gasteiger partial charge in [-0.1, -0.05) is 0 Å². The van der Waals surface area contributed by atoms with E-state index in [2.05, 4.69) is 9.72 Å². The van der Waals surface area contributed by atoms with E-state index in [4.69, 9.17) is 17.3 Å². The SMILES string of the molecule is COC(=O)c1nc(N)cc(C(F)F)c1CCl. The molecule has 16 heavy (non-hydrogen) atoms. The molecule has 0 spiro atoms. The fraction of sp³-hybridized carbons (Fsp3) is 0.333. The lowest BCUT2D eigenvalue weighted by Crippen LogP contribution is -2.12. The molecule has 0 fully saturated rings. The average molecular weight is 251 g/mol. The Morgan fingerprint density at radius 2 is 2.31 bits per heavy atom. The van der Waals surface area contributed by atoms with Crippen LogP contribution in [-0.2, 0) is 10.6 Å². The highest BCUT2D eigenvalue weighted by atomic mass is 35.5. The van der Waals surface area contributed by atoms with E-state index < -0.39 is 18.0 Å². The largest absolute Gasteiger partial charge is 0.464 e. The van der Waals surface area contributed by atoms with Gasteiger partial charge in [0.15, 0.2) is 5.69 Å². The third-order valence-corrected chi connectivity index (χ3v) is 2.19. The second-order valence-corrected chi connectivity index (χ2v) is 3.16. The first-order chi connectivity index (χ1) is 7.51. The number of anilines is 1. The summed E-state index contributed by atoms with van der Waals surface area (Å²) in [6.45, 7) is 0. The minimum atomic E-state index is -2.78. The number of rotatable bonds is 3. The molecule has 1 aromatic rings. The van der Waals surface area contributed by atoms with Gasteiger partial charge in [0.05, 0.1) is 13.0 Å². The highest BCUT2D eigenvalue weighted by molar-refractivity contribution is 6.17. The zero-order valence-electron chi connectivity index (χ0n) is 8.34. The molecule has 1 heterocycles. The van der Waals surface area contributed by atoms with Gasteiger partial charge in [-0.3, -0.25) is 0 Å². The Hall–Kier alpha value is -1.43. The number of methoxy groups -OCH3 is 1. The summed E-state index contributed by atoms with van der Waals surface area (Å²) in [5, 5.41) is 0. The van der Waals surface area contributed by atoms with Gasteiger partial charge in [-0.15, -0.1) is 11.6 Å². The summed E-state index contributed by atoms with van der Waals surface area (Å²) in [6.07, 6.45) is -2.78. The molecule has 0 aliphatic rings. The van der Waals surface area contributed by atoms with Gasteiger partial charge in [0.2, 0.25) is 0 Å². The molecule has 1 aromatic heterocycles. The average Bonchev–Trinajstić information content (AvgIpc) is 2.26. The molecule has 0 aliphatic heterocycles. The van der Waals surface area contributed by atoms with Crippen LogP contribution in [0.15, 0.2) is 6.07 Å². The van der Waals surface area contributed by atoms with Gasteiger partial charge in [-0.2, -0.15) is 0 Å². The maximum atomic E-state index is 12.6. The lowest BCUT2D eigenvalue weighted by Gasteiger charge is -2.11. The van der Waals surface area contributed by atoms with Gasteiger partial charge in [0.1, 0.15) is 5.82 Å². The zero-order valence-corrected chi connectivity index (χ0v) is 9.09. The molecule has 0 bridgehead atoms. The molecule has 1 rings (SSSR count). The summed E-state index contributed by atoms with van der Waals surface area (Å²) in [6, 6.07) is 0.995. The fourth-order valence-corrected chi connectivity index (χ4v) is 1.49. The van der Waals surface area contributed by atoms with Crippen LogP contribution in [-0.4, -0.2) is 18.1 Å². The quantitative estimate of drug-likeness (QED) is 0.659. The van der Waals surface area contributed by atoms with E-state index in [1.165, 1.54) is 0 Å². The van der Waals surface area contributed by atoms with Gasteiger partial charge in [0.25, 0.3) is 6.43 Å². The summed E-state index contributed by atoms with van der Waals surface area (Å²) >= 11 is 5.51. The molecule has 2 N–H and O–H groups in total. The fourth-order valence-electron chi connectivity index (χ4n) is 1.21. The molecule has 0 saturated heterocycles. The van der Waals surface area contributed by atoms with E-state index in [1.54, 1.807) is 0 Å². The van der Waals surface area contributed by atoms with Crippen molar-refractivity contribution in [1.82, 2.24) is 4.98 Å². The van der Waals surface area contributed by atoms with E-state index in [-0.39, 0.29) is 23.0 Å². The Labute approximate surface area is 95.4 Å². The zero-order chi connectivity index (χ0) is 12.3. The molecule has 0 radical (unpaired) electrons. The number of ether oxygens (including phenoxy) is 1. The summed E-state index contributed by atoms with van der Waals surface area (Å²) < 4.78 is 29.7. The second-order valence-electron chi connectivity index (χ2n) is 2.89. The number of alkyl halides is 3. The highest BCUT2D eigenvalue weighted by Gasteiger charge is 2.22. The minimum absolute atomic E-state index is 0.0577. The highest BCUT2D eigenvalue weighted by Crippen LogP contribution is 2.28. The molecule has 0 unspecified atom stereocenters. The van der Waals surface area contributed by atoms with Crippen molar-refractivity contribution in [3.8, 4) is 0 Å². The minimum Gasteiger partial charge on any atom is -0.464 e. The first-order valence-corrected chi connectivity index (χ1v) is 4.76. The van der Waals surface area contributed by atoms with Gasteiger partial charge in [-0.25, -0.2) is 18.6 Å². The van der Waals surface area contributed by atoms with Crippen LogP contribution < -0.4 is 5.73 Å². The summed E-state index contributed by atoms with van der Waals surface area (Å²) in [7, 11) is 1.12. The van der Waals surface area contributed by atoms with Crippen molar-refractivity contribution < 1.29 is 18.3 Å². The number of aromatic nitrogens is 1. The Morgan fingerprint density at radius 1 is 1.69 bits per heavy atom. The van der Waals surface area contributed by atoms with Crippen LogP contribution in [0.1, 0.15) is 28.0 Å². The Bertz CT molecular complexity index is 413. The molecular weight excluding hydrogens is 242 g/mol. The van der Waals surface area contributed by atoms with Crippen molar-refractivity contribution in [2.75, 3.05) is 12.8 Å². The van der Waals surface area contributed by atoms with Crippen molar-refractivity contribution in [1.29, 1.82) is 0 Å². The maximum absolute atomic E-state index is 12.6. The molecule has 7 heteroatoms. The lowest BCUT2D eigenvalue weighted by atomic mass is 10.1. The summed E-state index contributed by atoms with van der Waals surface area (Å²) in [5.74, 6) is -1.29. The van der Waals surface area contributed by atoms with Gasteiger partial charge in [-0.05, 0) is 6.07 Å². The molecule has 0 aliphatic carbocycles. The predicted octanol–water partition coefficient (Wildman–Crippen LogP) is 2.13. The number of pyridine rings is 1. The molecule has 4 nitrogen and oxygen atoms in total. The summed E-state index contributed by atoms with van der Waals surface area (Å²) in [4.78, 5) is 14.9. The number of hydrogen-bond acceptors (Lipinski definition) is 4. The van der Waals surface area contributed by atoms with E-state index in [0.717, 1.165) is 13.2 Å². The lowest BCUT2D eigenvalue weighted by molar-refractivity contribution is 0.0592. The molecule has 88 valence electrons. The van der Waals surface area contributed by atoms with Crippen LogP contribution in [0.25, 0.3) is 0 Å². The van der Waals surface area contributed by atoms with Crippen LogP contribution in [0.4, 0.5) is 14.6 Å². The van der Waals surface area contributed by atoms with Crippen LogP contribution in [0.3, 0.4) is 0 Å². The Balaban J connectivity index is 3.41. The Kier molecular flexibility index (Phi) is 4.00. The number of esters is 1. The van der Waals surface area contributed by atoms with Crippen molar-refractivity contribution in [2.45, 2.75) is 12.3 Å². The van der Waals surface area contributed by atoms with Crippen molar-refractivity contribution in [2.24, 2.45) is 0 Å². The maximum Gasteiger partial charge on any atom is 0.357 e. The van der Waals surface area contributed by atoms with Crippen molar-refractivity contribution in [3.05, 3.63) is 22.9 Å². The Morgan fingerprint density at radius 3 is 2.75 bits per heavy atom. The standard InChI is InChI=1S/C9H9ClF2N2O2/c1-16-9(15)7-5(3-10)4(8(11)12)2-6(13)14-7/h2,8H,3H2,1H3,(H2,13,14). The normalized spacial score (nSPS) is 10.6. The number of carbonyl (C=O) groups is 1. The number of nitrogens with zero attached hydrogens (tertiary/aromatic N) is 1. The van der Waals surface area contributed by atoms with E-state index in [0.29, 0.717) is 0 Å². The number of nitrogen functional groups attached to an aromatic ring is 1. The third kappa shape index (κ3) is 2.38. The van der Waals surface area contributed by atoms with E-state index >= 15 is 0 Å². The van der Waals surface area contributed by atoms with Crippen LogP contribution in [0.5, 0.6) is 0 Å². The summed E-state index contributed by atoms with van der Waals surface area (Å²) in [5.41, 5.74) is 4.59. The predicted molar refractivity (Wildman–Crippen MR) is 54.5 cm³/mol. The molecular formula is C9H9ClF2N2O2. The first kappa shape index (κ1) is 12.6. The number of halogens is 3.